The minimum atomic E-state index is -0.190. The van der Waals surface area contributed by atoms with Crippen LogP contribution in [0.2, 0.25) is 0 Å². The first kappa shape index (κ1) is 11.7. The van der Waals surface area contributed by atoms with E-state index in [1.807, 2.05) is 18.2 Å². The second kappa shape index (κ2) is 4.73. The van der Waals surface area contributed by atoms with Gasteiger partial charge in [-0.1, -0.05) is 18.2 Å². The van der Waals surface area contributed by atoms with Crippen LogP contribution in [0.5, 0.6) is 0 Å². The first-order valence-corrected chi connectivity index (χ1v) is 6.68. The molecule has 3 unspecified atom stereocenters. The van der Waals surface area contributed by atoms with Crippen molar-refractivity contribution in [2.45, 2.75) is 18.9 Å². The first-order valence-electron chi connectivity index (χ1n) is 6.68. The molecule has 0 spiro atoms. The van der Waals surface area contributed by atoms with Gasteiger partial charge in [-0.05, 0) is 37.9 Å². The summed E-state index contributed by atoms with van der Waals surface area (Å²) in [5.74, 6) is 1.08. The van der Waals surface area contributed by atoms with Gasteiger partial charge in [0.05, 0.1) is 12.2 Å². The van der Waals surface area contributed by atoms with Crippen LogP contribution in [0.1, 0.15) is 23.2 Å². The molecule has 2 aliphatic rings. The summed E-state index contributed by atoms with van der Waals surface area (Å²) in [5, 5.41) is 0. The molecule has 1 aliphatic heterocycles. The number of hydrogen-bond donors (Lipinski definition) is 0. The fourth-order valence-electron chi connectivity index (χ4n) is 3.48. The van der Waals surface area contributed by atoms with E-state index in [1.165, 1.54) is 12.8 Å². The van der Waals surface area contributed by atoms with Crippen molar-refractivity contribution in [1.29, 1.82) is 0 Å². The molecule has 1 saturated carbocycles. The molecule has 0 N–H and O–H groups in total. The lowest BCUT2D eigenvalue weighted by molar-refractivity contribution is 0.0413. The van der Waals surface area contributed by atoms with Crippen LogP contribution in [0.25, 0.3) is 0 Å². The van der Waals surface area contributed by atoms with E-state index < -0.39 is 0 Å². The molecule has 1 aromatic rings. The van der Waals surface area contributed by atoms with E-state index in [-0.39, 0.29) is 5.97 Å². The van der Waals surface area contributed by atoms with Crippen LogP contribution in [-0.4, -0.2) is 37.1 Å². The highest BCUT2D eigenvalue weighted by molar-refractivity contribution is 5.89. The zero-order chi connectivity index (χ0) is 12.5. The van der Waals surface area contributed by atoms with E-state index in [0.29, 0.717) is 24.1 Å². The third-order valence-electron chi connectivity index (χ3n) is 4.44. The Morgan fingerprint density at radius 3 is 2.72 bits per heavy atom. The number of carbonyl (C=O) groups excluding carboxylic acids is 1. The van der Waals surface area contributed by atoms with Gasteiger partial charge in [-0.25, -0.2) is 4.79 Å². The number of rotatable bonds is 3. The fourth-order valence-corrected chi connectivity index (χ4v) is 3.48. The van der Waals surface area contributed by atoms with Crippen LogP contribution >= 0.6 is 0 Å². The summed E-state index contributed by atoms with van der Waals surface area (Å²) in [5.41, 5.74) is 0.649. The number of likely N-dealkylation sites (tertiary alicyclic amines) is 1. The maximum Gasteiger partial charge on any atom is 0.338 e. The lowest BCUT2D eigenvalue weighted by Crippen LogP contribution is -2.30. The van der Waals surface area contributed by atoms with Crippen molar-refractivity contribution in [3.05, 3.63) is 35.9 Å². The summed E-state index contributed by atoms with van der Waals surface area (Å²) in [6.45, 7) is 1.74. The Kier molecular flexibility index (Phi) is 3.08. The van der Waals surface area contributed by atoms with Crippen LogP contribution in [0.4, 0.5) is 0 Å². The van der Waals surface area contributed by atoms with Gasteiger partial charge in [0.1, 0.15) is 0 Å². The van der Waals surface area contributed by atoms with Crippen molar-refractivity contribution in [2.24, 2.45) is 11.8 Å². The Labute approximate surface area is 108 Å². The number of fused-ring (bicyclic) bond motifs is 2. The molecule has 96 valence electrons. The average molecular weight is 245 g/mol. The number of carbonyl (C=O) groups is 1. The highest BCUT2D eigenvalue weighted by Crippen LogP contribution is 2.41. The topological polar surface area (TPSA) is 29.5 Å². The average Bonchev–Trinajstić information content (AvgIpc) is 2.92. The standard InChI is InChI=1S/C15H19NO2/c1-16-9-12-7-8-14(16)13(12)10-18-15(17)11-5-3-2-4-6-11/h2-6,12-14H,7-10H2,1H3. The minimum absolute atomic E-state index is 0.190. The Balaban J connectivity index is 1.58. The van der Waals surface area contributed by atoms with Crippen LogP contribution < -0.4 is 0 Å². The zero-order valence-corrected chi connectivity index (χ0v) is 10.7. The van der Waals surface area contributed by atoms with Gasteiger partial charge in [-0.15, -0.1) is 0 Å². The van der Waals surface area contributed by atoms with Crippen molar-refractivity contribution in [1.82, 2.24) is 4.90 Å². The highest BCUT2D eigenvalue weighted by Gasteiger charge is 2.45. The Hall–Kier alpha value is -1.35. The van der Waals surface area contributed by atoms with E-state index in [2.05, 4.69) is 11.9 Å². The lowest BCUT2D eigenvalue weighted by Gasteiger charge is -2.22. The van der Waals surface area contributed by atoms with Crippen LogP contribution in [0, 0.1) is 11.8 Å². The molecule has 3 heteroatoms. The summed E-state index contributed by atoms with van der Waals surface area (Å²) in [6.07, 6.45) is 2.55. The monoisotopic (exact) mass is 245 g/mol. The van der Waals surface area contributed by atoms with E-state index in [0.717, 1.165) is 12.5 Å². The number of esters is 1. The molecule has 3 nitrogen and oxygen atoms in total. The van der Waals surface area contributed by atoms with Gasteiger partial charge < -0.3 is 9.64 Å². The van der Waals surface area contributed by atoms with Crippen molar-refractivity contribution in [3.63, 3.8) is 0 Å². The molecule has 2 fully saturated rings. The fraction of sp³-hybridized carbons (Fsp3) is 0.533. The van der Waals surface area contributed by atoms with Crippen molar-refractivity contribution in [2.75, 3.05) is 20.2 Å². The molecule has 1 heterocycles. The van der Waals surface area contributed by atoms with Crippen LogP contribution in [0.15, 0.2) is 30.3 Å². The Bertz CT molecular complexity index is 431. The smallest absolute Gasteiger partial charge is 0.338 e. The number of nitrogens with zero attached hydrogens (tertiary/aromatic N) is 1. The molecule has 2 bridgehead atoms. The lowest BCUT2D eigenvalue weighted by atomic mass is 9.99. The van der Waals surface area contributed by atoms with Gasteiger partial charge in [-0.3, -0.25) is 0 Å². The van der Waals surface area contributed by atoms with Gasteiger partial charge in [0, 0.05) is 18.5 Å². The molecule has 18 heavy (non-hydrogen) atoms. The summed E-state index contributed by atoms with van der Waals surface area (Å²) < 4.78 is 5.48. The quantitative estimate of drug-likeness (QED) is 0.764. The predicted molar refractivity (Wildman–Crippen MR) is 69.4 cm³/mol. The molecule has 0 amide bonds. The number of piperidine rings is 1. The number of benzene rings is 1. The van der Waals surface area contributed by atoms with E-state index in [4.69, 9.17) is 4.74 Å². The maximum absolute atomic E-state index is 11.9. The number of hydrogen-bond acceptors (Lipinski definition) is 3. The maximum atomic E-state index is 11.9. The van der Waals surface area contributed by atoms with Crippen molar-refractivity contribution >= 4 is 5.97 Å². The SMILES string of the molecule is CN1CC2CCC1C2COC(=O)c1ccccc1. The van der Waals surface area contributed by atoms with Crippen molar-refractivity contribution < 1.29 is 9.53 Å². The van der Waals surface area contributed by atoms with E-state index >= 15 is 0 Å². The largest absolute Gasteiger partial charge is 0.462 e. The van der Waals surface area contributed by atoms with Crippen LogP contribution in [0.3, 0.4) is 0 Å². The summed E-state index contributed by atoms with van der Waals surface area (Å²) in [6, 6.07) is 9.87. The normalized spacial score (nSPS) is 30.6. The van der Waals surface area contributed by atoms with Gasteiger partial charge in [0.2, 0.25) is 0 Å². The van der Waals surface area contributed by atoms with Crippen molar-refractivity contribution in [3.8, 4) is 0 Å². The predicted octanol–water partition coefficient (Wildman–Crippen LogP) is 2.18. The van der Waals surface area contributed by atoms with Crippen LogP contribution in [-0.2, 0) is 4.74 Å². The number of ether oxygens (including phenoxy) is 1. The van der Waals surface area contributed by atoms with Gasteiger partial charge in [0.25, 0.3) is 0 Å². The molecule has 0 radical (unpaired) electrons. The van der Waals surface area contributed by atoms with Gasteiger partial charge in [-0.2, -0.15) is 0 Å². The van der Waals surface area contributed by atoms with E-state index in [1.54, 1.807) is 12.1 Å². The van der Waals surface area contributed by atoms with Gasteiger partial charge >= 0.3 is 5.97 Å². The third-order valence-corrected chi connectivity index (χ3v) is 4.44. The molecular formula is C15H19NO2. The molecule has 1 saturated heterocycles. The second-order valence-electron chi connectivity index (χ2n) is 5.47. The third kappa shape index (κ3) is 2.03. The summed E-state index contributed by atoms with van der Waals surface area (Å²) >= 11 is 0. The molecule has 1 aliphatic carbocycles. The van der Waals surface area contributed by atoms with E-state index in [9.17, 15) is 4.79 Å². The molecular weight excluding hydrogens is 226 g/mol. The summed E-state index contributed by atoms with van der Waals surface area (Å²) in [4.78, 5) is 14.3. The molecule has 3 atom stereocenters. The summed E-state index contributed by atoms with van der Waals surface area (Å²) in [7, 11) is 2.18. The first-order chi connectivity index (χ1) is 8.75. The Morgan fingerprint density at radius 1 is 1.33 bits per heavy atom. The van der Waals surface area contributed by atoms with Gasteiger partial charge in [0.15, 0.2) is 0 Å². The minimum Gasteiger partial charge on any atom is -0.462 e. The molecule has 1 aromatic carbocycles. The zero-order valence-electron chi connectivity index (χ0n) is 10.7. The second-order valence-corrected chi connectivity index (χ2v) is 5.47. The highest BCUT2D eigenvalue weighted by atomic mass is 16.5. The Morgan fingerprint density at radius 2 is 2.11 bits per heavy atom. The molecule has 3 rings (SSSR count). The molecule has 0 aromatic heterocycles.